The van der Waals surface area contributed by atoms with Crippen molar-refractivity contribution in [1.29, 1.82) is 0 Å². The van der Waals surface area contributed by atoms with Gasteiger partial charge in [-0.2, -0.15) is 0 Å². The summed E-state index contributed by atoms with van der Waals surface area (Å²) in [6.45, 7) is 2.24. The number of anilines is 2. The molecule has 1 aromatic carbocycles. The molecular formula is C20H20N2O5S. The van der Waals surface area contributed by atoms with Crippen LogP contribution in [0.15, 0.2) is 24.3 Å². The summed E-state index contributed by atoms with van der Waals surface area (Å²) in [6, 6.07) is 6.35. The number of ether oxygens (including phenoxy) is 1. The van der Waals surface area contributed by atoms with Gasteiger partial charge in [0.25, 0.3) is 0 Å². The summed E-state index contributed by atoms with van der Waals surface area (Å²) in [5, 5.41) is 5.15. The molecule has 0 spiro atoms. The molecule has 8 heteroatoms. The molecule has 0 saturated heterocycles. The van der Waals surface area contributed by atoms with Crippen molar-refractivity contribution >= 4 is 46.3 Å². The zero-order chi connectivity index (χ0) is 20.3. The first-order chi connectivity index (χ1) is 13.3. The van der Waals surface area contributed by atoms with Gasteiger partial charge in [0.05, 0.1) is 5.69 Å². The van der Waals surface area contributed by atoms with Crippen molar-refractivity contribution in [2.75, 3.05) is 17.2 Å². The third-order valence-electron chi connectivity index (χ3n) is 4.23. The van der Waals surface area contributed by atoms with E-state index in [0.717, 1.165) is 19.3 Å². The number of fused-ring (bicyclic) bond motifs is 1. The zero-order valence-electron chi connectivity index (χ0n) is 15.6. The minimum atomic E-state index is -0.524. The number of benzene rings is 1. The fraction of sp³-hybridized carbons (Fsp3) is 0.300. The van der Waals surface area contributed by atoms with Gasteiger partial charge in [-0.1, -0.05) is 0 Å². The van der Waals surface area contributed by atoms with Gasteiger partial charge in [-0.3, -0.25) is 14.4 Å². The molecule has 0 aliphatic heterocycles. The number of amides is 2. The number of thiophene rings is 1. The SMILES string of the molecule is CC(=O)Nc1ccc(C(=O)COC(=O)c2cc3c(s2)CCC3)c(NC(C)=O)c1. The van der Waals surface area contributed by atoms with Gasteiger partial charge in [0.1, 0.15) is 4.88 Å². The van der Waals surface area contributed by atoms with Crippen LogP contribution in [0.25, 0.3) is 0 Å². The summed E-state index contributed by atoms with van der Waals surface area (Å²) in [6.07, 6.45) is 3.06. The number of hydrogen-bond donors (Lipinski definition) is 2. The lowest BCUT2D eigenvalue weighted by molar-refractivity contribution is -0.115. The van der Waals surface area contributed by atoms with Crippen molar-refractivity contribution < 1.29 is 23.9 Å². The van der Waals surface area contributed by atoms with Crippen LogP contribution < -0.4 is 10.6 Å². The molecule has 1 aliphatic carbocycles. The number of hydrogen-bond acceptors (Lipinski definition) is 6. The van der Waals surface area contributed by atoms with E-state index in [-0.39, 0.29) is 23.1 Å². The van der Waals surface area contributed by atoms with E-state index in [1.807, 2.05) is 6.07 Å². The molecule has 2 N–H and O–H groups in total. The zero-order valence-corrected chi connectivity index (χ0v) is 16.4. The first-order valence-corrected chi connectivity index (χ1v) is 9.66. The minimum Gasteiger partial charge on any atom is -0.453 e. The highest BCUT2D eigenvalue weighted by molar-refractivity contribution is 7.14. The van der Waals surface area contributed by atoms with Gasteiger partial charge >= 0.3 is 5.97 Å². The predicted octanol–water partition coefficient (Wildman–Crippen LogP) is 3.19. The lowest BCUT2D eigenvalue weighted by atomic mass is 10.1. The van der Waals surface area contributed by atoms with Crippen molar-refractivity contribution in [2.24, 2.45) is 0 Å². The third-order valence-corrected chi connectivity index (χ3v) is 5.45. The summed E-state index contributed by atoms with van der Waals surface area (Å²) in [7, 11) is 0. The standard InChI is InChI=1S/C20H20N2O5S/c1-11(23)21-14-6-7-15(16(9-14)22-12(2)24)17(25)10-27-20(26)19-8-13-4-3-5-18(13)28-19/h6-9H,3-5,10H2,1-2H3,(H,21,23)(H,22,24). The Kier molecular flexibility index (Phi) is 5.89. The molecule has 1 aromatic heterocycles. The fourth-order valence-electron chi connectivity index (χ4n) is 3.07. The molecule has 0 unspecified atom stereocenters. The quantitative estimate of drug-likeness (QED) is 0.573. The maximum Gasteiger partial charge on any atom is 0.348 e. The summed E-state index contributed by atoms with van der Waals surface area (Å²) in [5.74, 6) is -1.61. The first kappa shape index (κ1) is 19.8. The molecule has 146 valence electrons. The molecule has 0 saturated carbocycles. The smallest absolute Gasteiger partial charge is 0.348 e. The topological polar surface area (TPSA) is 102 Å². The maximum absolute atomic E-state index is 12.5. The summed E-state index contributed by atoms with van der Waals surface area (Å²) >= 11 is 1.41. The van der Waals surface area contributed by atoms with E-state index in [1.54, 1.807) is 6.07 Å². The number of aryl methyl sites for hydroxylation is 2. The number of ketones is 1. The Labute approximate surface area is 166 Å². The van der Waals surface area contributed by atoms with Crippen LogP contribution >= 0.6 is 11.3 Å². The maximum atomic E-state index is 12.5. The van der Waals surface area contributed by atoms with Crippen LogP contribution in [0.4, 0.5) is 11.4 Å². The van der Waals surface area contributed by atoms with E-state index in [2.05, 4.69) is 10.6 Å². The molecule has 0 fully saturated rings. The molecule has 0 radical (unpaired) electrons. The normalized spacial score (nSPS) is 12.2. The van der Waals surface area contributed by atoms with E-state index in [1.165, 1.54) is 47.8 Å². The first-order valence-electron chi connectivity index (χ1n) is 8.84. The lowest BCUT2D eigenvalue weighted by Crippen LogP contribution is -2.17. The molecule has 28 heavy (non-hydrogen) atoms. The summed E-state index contributed by atoms with van der Waals surface area (Å²) < 4.78 is 5.18. The molecular weight excluding hydrogens is 380 g/mol. The number of rotatable bonds is 6. The van der Waals surface area contributed by atoms with Crippen LogP contribution in [-0.4, -0.2) is 30.2 Å². The van der Waals surface area contributed by atoms with Crippen LogP contribution in [0, 0.1) is 0 Å². The Morgan fingerprint density at radius 3 is 2.46 bits per heavy atom. The van der Waals surface area contributed by atoms with Crippen molar-refractivity contribution in [3.63, 3.8) is 0 Å². The number of esters is 1. The van der Waals surface area contributed by atoms with Crippen molar-refractivity contribution in [1.82, 2.24) is 0 Å². The highest BCUT2D eigenvalue weighted by atomic mass is 32.1. The molecule has 0 atom stereocenters. The molecule has 7 nitrogen and oxygen atoms in total. The number of carbonyl (C=O) groups is 4. The van der Waals surface area contributed by atoms with Crippen molar-refractivity contribution in [3.05, 3.63) is 45.1 Å². The van der Waals surface area contributed by atoms with Crippen LogP contribution in [0.2, 0.25) is 0 Å². The Hall–Kier alpha value is -3.00. The van der Waals surface area contributed by atoms with Gasteiger partial charge in [0.15, 0.2) is 6.61 Å². The second-order valence-corrected chi connectivity index (χ2v) is 7.67. The molecule has 2 amide bonds. The van der Waals surface area contributed by atoms with Crippen LogP contribution in [0.1, 0.15) is 50.7 Å². The predicted molar refractivity (Wildman–Crippen MR) is 106 cm³/mol. The molecule has 2 aromatic rings. The monoisotopic (exact) mass is 400 g/mol. The molecule has 3 rings (SSSR count). The second kappa shape index (κ2) is 8.35. The lowest BCUT2D eigenvalue weighted by Gasteiger charge is -2.12. The average molecular weight is 400 g/mol. The van der Waals surface area contributed by atoms with E-state index in [0.29, 0.717) is 10.6 Å². The number of nitrogens with one attached hydrogen (secondary N) is 2. The van der Waals surface area contributed by atoms with Gasteiger partial charge in [-0.25, -0.2) is 4.79 Å². The van der Waals surface area contributed by atoms with Gasteiger partial charge in [-0.05, 0) is 49.1 Å². The Morgan fingerprint density at radius 1 is 1.04 bits per heavy atom. The highest BCUT2D eigenvalue weighted by Crippen LogP contribution is 2.31. The average Bonchev–Trinajstić information content (AvgIpc) is 3.20. The summed E-state index contributed by atoms with van der Waals surface area (Å²) in [4.78, 5) is 49.1. The van der Waals surface area contributed by atoms with Gasteiger partial charge in [0.2, 0.25) is 17.6 Å². The largest absolute Gasteiger partial charge is 0.453 e. The molecule has 1 aliphatic rings. The minimum absolute atomic E-state index is 0.200. The Morgan fingerprint density at radius 2 is 1.79 bits per heavy atom. The van der Waals surface area contributed by atoms with E-state index in [4.69, 9.17) is 4.74 Å². The Balaban J connectivity index is 1.70. The molecule has 1 heterocycles. The summed E-state index contributed by atoms with van der Waals surface area (Å²) in [5.41, 5.74) is 2.07. The number of carbonyl (C=O) groups excluding carboxylic acids is 4. The second-order valence-electron chi connectivity index (χ2n) is 6.53. The molecule has 0 bridgehead atoms. The van der Waals surface area contributed by atoms with Gasteiger partial charge in [0, 0.05) is 30.0 Å². The van der Waals surface area contributed by atoms with Crippen molar-refractivity contribution in [2.45, 2.75) is 33.1 Å². The van der Waals surface area contributed by atoms with Crippen LogP contribution in [-0.2, 0) is 27.2 Å². The van der Waals surface area contributed by atoms with E-state index >= 15 is 0 Å². The van der Waals surface area contributed by atoms with Crippen LogP contribution in [0.3, 0.4) is 0 Å². The third kappa shape index (κ3) is 4.64. The van der Waals surface area contributed by atoms with Crippen molar-refractivity contribution in [3.8, 4) is 0 Å². The number of Topliss-reactive ketones (excluding diaryl/α,β-unsaturated/α-hetero) is 1. The Bertz CT molecular complexity index is 942. The fourth-order valence-corrected chi connectivity index (χ4v) is 4.22. The van der Waals surface area contributed by atoms with Crippen LogP contribution in [0.5, 0.6) is 0 Å². The van der Waals surface area contributed by atoms with E-state index in [9.17, 15) is 19.2 Å². The van der Waals surface area contributed by atoms with Gasteiger partial charge in [-0.15, -0.1) is 11.3 Å². The van der Waals surface area contributed by atoms with Gasteiger partial charge < -0.3 is 15.4 Å². The van der Waals surface area contributed by atoms with E-state index < -0.39 is 18.4 Å². The highest BCUT2D eigenvalue weighted by Gasteiger charge is 2.21.